The van der Waals surface area contributed by atoms with Gasteiger partial charge in [0.25, 0.3) is 0 Å². The van der Waals surface area contributed by atoms with Crippen LogP contribution in [0, 0.1) is 0 Å². The van der Waals surface area contributed by atoms with Gasteiger partial charge in [0, 0.05) is 56.5 Å². The maximum absolute atomic E-state index is 6.34. The van der Waals surface area contributed by atoms with Gasteiger partial charge < -0.3 is 14.2 Å². The summed E-state index contributed by atoms with van der Waals surface area (Å²) in [6.45, 7) is 0.821. The van der Waals surface area contributed by atoms with Crippen molar-refractivity contribution in [2.45, 2.75) is 0 Å². The minimum atomic E-state index is 0.599. The third kappa shape index (κ3) is 4.23. The van der Waals surface area contributed by atoms with Crippen molar-refractivity contribution in [3.8, 4) is 45.3 Å². The lowest BCUT2D eigenvalue weighted by molar-refractivity contribution is 0.668. The van der Waals surface area contributed by atoms with Gasteiger partial charge in [0.1, 0.15) is 22.3 Å². The molecule has 0 saturated carbocycles. The lowest BCUT2D eigenvalue weighted by Gasteiger charge is -2.12. The fourth-order valence-electron chi connectivity index (χ4n) is 6.88. The highest BCUT2D eigenvalue weighted by molar-refractivity contribution is 6.14. The molecule has 0 bridgehead atoms. The Kier molecular flexibility index (Phi) is 5.84. The molecule has 1 aliphatic rings. The van der Waals surface area contributed by atoms with Gasteiger partial charge in [-0.2, -0.15) is 0 Å². The number of aromatic nitrogens is 3. The summed E-state index contributed by atoms with van der Waals surface area (Å²) >= 11 is 0. The number of nitrogens with zero attached hydrogens (tertiary/aromatic N) is 3. The molecule has 48 heavy (non-hydrogen) atoms. The van der Waals surface area contributed by atoms with Crippen molar-refractivity contribution in [3.05, 3.63) is 139 Å². The number of fused-ring (bicyclic) bond motifs is 7. The van der Waals surface area contributed by atoms with Crippen LogP contribution in [0.5, 0.6) is 0 Å². The number of furan rings is 2. The van der Waals surface area contributed by atoms with E-state index in [-0.39, 0.29) is 0 Å². The molecule has 9 aromatic rings. The maximum atomic E-state index is 6.34. The molecule has 3 aromatic heterocycles. The van der Waals surface area contributed by atoms with Crippen LogP contribution in [0.2, 0.25) is 0 Å². The van der Waals surface area contributed by atoms with Gasteiger partial charge in [-0.05, 0) is 41.0 Å². The molecule has 0 unspecified atom stereocenters. The lowest BCUT2D eigenvalue weighted by Crippen LogP contribution is -2.03. The third-order valence-corrected chi connectivity index (χ3v) is 9.14. The molecule has 0 aliphatic carbocycles. The van der Waals surface area contributed by atoms with Crippen LogP contribution in [0.4, 0.5) is 5.69 Å². The molecule has 10 rings (SSSR count). The van der Waals surface area contributed by atoms with Gasteiger partial charge in [-0.3, -0.25) is 0 Å². The van der Waals surface area contributed by atoms with Crippen LogP contribution < -0.4 is 5.32 Å². The number of hydrogen-bond acceptors (Lipinski definition) is 6. The number of rotatable bonds is 4. The van der Waals surface area contributed by atoms with Gasteiger partial charge in [-0.15, -0.1) is 0 Å². The van der Waals surface area contributed by atoms with Crippen LogP contribution >= 0.6 is 0 Å². The highest BCUT2D eigenvalue weighted by Crippen LogP contribution is 2.40. The number of para-hydroxylation sites is 1. The Morgan fingerprint density at radius 2 is 1.10 bits per heavy atom. The topological polar surface area (TPSA) is 77.0 Å². The van der Waals surface area contributed by atoms with Gasteiger partial charge in [0.2, 0.25) is 0 Å². The van der Waals surface area contributed by atoms with Crippen LogP contribution in [0.25, 0.3) is 95.2 Å². The molecule has 1 aliphatic heterocycles. The standard InChI is InChI=1S/C42H26N4O2/c1-2-9-26(10-3-1)40-44-41(46-42(45-40)31-14-7-17-36-39(31)30-12-4-5-15-34(30)47-36)27-20-18-25(19-21-27)29-13-6-16-35-38(29)32-23-28-11-8-22-43-33(28)24-37(32)48-35/h1-21,23-24,43H,22H2. The van der Waals surface area contributed by atoms with Crippen molar-refractivity contribution >= 4 is 55.6 Å². The molecule has 0 radical (unpaired) electrons. The van der Waals surface area contributed by atoms with Gasteiger partial charge in [0.05, 0.1) is 0 Å². The van der Waals surface area contributed by atoms with Crippen LogP contribution in [0.3, 0.4) is 0 Å². The summed E-state index contributed by atoms with van der Waals surface area (Å²) in [6.07, 6.45) is 4.31. The van der Waals surface area contributed by atoms with E-state index in [2.05, 4.69) is 78.1 Å². The zero-order chi connectivity index (χ0) is 31.6. The van der Waals surface area contributed by atoms with Crippen molar-refractivity contribution in [3.63, 3.8) is 0 Å². The fourth-order valence-corrected chi connectivity index (χ4v) is 6.88. The summed E-state index contributed by atoms with van der Waals surface area (Å²) in [6, 6.07) is 43.2. The Balaban J connectivity index is 1.12. The summed E-state index contributed by atoms with van der Waals surface area (Å²) in [5.41, 5.74) is 10.6. The molecule has 4 heterocycles. The first kappa shape index (κ1) is 26.7. The van der Waals surface area contributed by atoms with Gasteiger partial charge in [-0.1, -0.05) is 109 Å². The lowest BCUT2D eigenvalue weighted by atomic mass is 9.97. The number of anilines is 1. The van der Waals surface area contributed by atoms with Crippen LogP contribution in [0.1, 0.15) is 5.56 Å². The Hall–Kier alpha value is -6.53. The van der Waals surface area contributed by atoms with Crippen molar-refractivity contribution in [1.29, 1.82) is 0 Å². The number of benzene rings is 6. The van der Waals surface area contributed by atoms with E-state index in [9.17, 15) is 0 Å². The summed E-state index contributed by atoms with van der Waals surface area (Å²) in [7, 11) is 0. The largest absolute Gasteiger partial charge is 0.456 e. The highest BCUT2D eigenvalue weighted by atomic mass is 16.3. The highest BCUT2D eigenvalue weighted by Gasteiger charge is 2.19. The van der Waals surface area contributed by atoms with Crippen LogP contribution in [-0.4, -0.2) is 21.5 Å². The Labute approximate surface area is 275 Å². The van der Waals surface area contributed by atoms with E-state index in [1.54, 1.807) is 0 Å². The summed E-state index contributed by atoms with van der Waals surface area (Å²) in [5.74, 6) is 1.82. The first-order valence-electron chi connectivity index (χ1n) is 16.0. The molecule has 6 aromatic carbocycles. The summed E-state index contributed by atoms with van der Waals surface area (Å²) in [5, 5.41) is 7.68. The molecule has 0 atom stereocenters. The van der Waals surface area contributed by atoms with E-state index in [1.165, 1.54) is 5.56 Å². The zero-order valence-corrected chi connectivity index (χ0v) is 25.6. The van der Waals surface area contributed by atoms with E-state index < -0.39 is 0 Å². The normalized spacial score (nSPS) is 12.6. The molecular weight excluding hydrogens is 592 g/mol. The predicted octanol–water partition coefficient (Wildman–Crippen LogP) is 10.8. The molecule has 1 N–H and O–H groups in total. The van der Waals surface area contributed by atoms with Crippen molar-refractivity contribution in [1.82, 2.24) is 15.0 Å². The molecule has 6 nitrogen and oxygen atoms in total. The minimum absolute atomic E-state index is 0.599. The van der Waals surface area contributed by atoms with Crippen LogP contribution in [-0.2, 0) is 0 Å². The van der Waals surface area contributed by atoms with E-state index in [1.807, 2.05) is 66.7 Å². The Morgan fingerprint density at radius 1 is 0.479 bits per heavy atom. The number of nitrogens with one attached hydrogen (secondary N) is 1. The second kappa shape index (κ2) is 10.5. The quantitative estimate of drug-likeness (QED) is 0.211. The molecule has 6 heteroatoms. The summed E-state index contributed by atoms with van der Waals surface area (Å²) in [4.78, 5) is 15.1. The second-order valence-electron chi connectivity index (χ2n) is 12.0. The molecule has 0 saturated heterocycles. The average molecular weight is 619 g/mol. The molecule has 0 fully saturated rings. The molecular formula is C42H26N4O2. The first-order valence-corrected chi connectivity index (χ1v) is 16.0. The Morgan fingerprint density at radius 3 is 1.92 bits per heavy atom. The molecule has 226 valence electrons. The predicted molar refractivity (Wildman–Crippen MR) is 194 cm³/mol. The van der Waals surface area contributed by atoms with Crippen LogP contribution in [0.15, 0.2) is 142 Å². The van der Waals surface area contributed by atoms with Crippen molar-refractivity contribution < 1.29 is 8.83 Å². The van der Waals surface area contributed by atoms with Gasteiger partial charge in [0.15, 0.2) is 17.5 Å². The molecule has 0 spiro atoms. The third-order valence-electron chi connectivity index (χ3n) is 9.14. The Bertz CT molecular complexity index is 2720. The van der Waals surface area contributed by atoms with Crippen molar-refractivity contribution in [2.24, 2.45) is 0 Å². The maximum Gasteiger partial charge on any atom is 0.164 e. The molecule has 0 amide bonds. The SMILES string of the molecule is C1=Cc2cc3c(cc2NC1)oc1cccc(-c2ccc(-c4nc(-c5ccccc5)nc(-c5cccc6oc7ccccc7c56)n4)cc2)c13. The fraction of sp³-hybridized carbons (Fsp3) is 0.0238. The van der Waals surface area contributed by atoms with E-state index in [4.69, 9.17) is 23.8 Å². The second-order valence-corrected chi connectivity index (χ2v) is 12.0. The smallest absolute Gasteiger partial charge is 0.164 e. The number of hydrogen-bond donors (Lipinski definition) is 1. The van der Waals surface area contributed by atoms with Gasteiger partial charge >= 0.3 is 0 Å². The van der Waals surface area contributed by atoms with Gasteiger partial charge in [-0.25, -0.2) is 15.0 Å². The van der Waals surface area contributed by atoms with E-state index in [0.717, 1.165) is 83.9 Å². The minimum Gasteiger partial charge on any atom is -0.456 e. The summed E-state index contributed by atoms with van der Waals surface area (Å²) < 4.78 is 12.5. The average Bonchev–Trinajstić information content (AvgIpc) is 3.72. The van der Waals surface area contributed by atoms with E-state index >= 15 is 0 Å². The monoisotopic (exact) mass is 618 g/mol. The van der Waals surface area contributed by atoms with Crippen molar-refractivity contribution in [2.75, 3.05) is 11.9 Å². The first-order chi connectivity index (χ1) is 23.8. The zero-order valence-electron chi connectivity index (χ0n) is 25.6. The van der Waals surface area contributed by atoms with E-state index in [0.29, 0.717) is 17.5 Å².